The highest BCUT2D eigenvalue weighted by molar-refractivity contribution is 6.10. The molecule has 0 radical (unpaired) electrons. The second-order valence-electron chi connectivity index (χ2n) is 6.37. The summed E-state index contributed by atoms with van der Waals surface area (Å²) < 4.78 is 27.7. The molecular weight excluding hydrogens is 390 g/mol. The van der Waals surface area contributed by atoms with Crippen LogP contribution in [0.25, 0.3) is 11.0 Å². The van der Waals surface area contributed by atoms with Crippen LogP contribution in [-0.2, 0) is 0 Å². The number of hydrogen-bond donors (Lipinski definition) is 2. The van der Waals surface area contributed by atoms with E-state index in [4.69, 9.17) is 0 Å². The lowest BCUT2D eigenvalue weighted by Crippen LogP contribution is -2.19. The van der Waals surface area contributed by atoms with E-state index in [0.29, 0.717) is 11.0 Å². The zero-order chi connectivity index (χ0) is 21.1. The van der Waals surface area contributed by atoms with Crippen LogP contribution in [0.1, 0.15) is 15.9 Å². The first-order valence-corrected chi connectivity index (χ1v) is 8.88. The Balaban J connectivity index is 1.50. The van der Waals surface area contributed by atoms with E-state index in [1.54, 1.807) is 24.4 Å². The van der Waals surface area contributed by atoms with Crippen molar-refractivity contribution in [1.82, 2.24) is 9.97 Å². The molecule has 0 aliphatic carbocycles. The molecule has 0 aliphatic rings. The van der Waals surface area contributed by atoms with E-state index in [0.717, 1.165) is 12.1 Å². The maximum atomic E-state index is 14.6. The van der Waals surface area contributed by atoms with Gasteiger partial charge in [-0.25, -0.2) is 13.6 Å². The number of benzene rings is 3. The minimum atomic E-state index is -0.789. The highest BCUT2D eigenvalue weighted by Gasteiger charge is 2.16. The molecule has 0 aliphatic heterocycles. The van der Waals surface area contributed by atoms with Crippen molar-refractivity contribution in [2.45, 2.75) is 0 Å². The molecule has 1 aromatic heterocycles. The van der Waals surface area contributed by atoms with Crippen LogP contribution in [0.15, 0.2) is 73.1 Å². The van der Waals surface area contributed by atoms with Crippen molar-refractivity contribution >= 4 is 34.2 Å². The van der Waals surface area contributed by atoms with Crippen LogP contribution in [0.2, 0.25) is 0 Å². The number of amides is 2. The third kappa shape index (κ3) is 4.12. The van der Waals surface area contributed by atoms with Crippen molar-refractivity contribution in [2.75, 3.05) is 10.6 Å². The molecule has 0 unspecified atom stereocenters. The summed E-state index contributed by atoms with van der Waals surface area (Å²) in [5.74, 6) is -1.81. The zero-order valence-corrected chi connectivity index (χ0v) is 15.4. The number of urea groups is 1. The standard InChI is InChI=1S/C22H14F2N4O2/c23-14-2-1-3-15(11-14)27-22(30)28-16-5-6-17(18(24)12-16)21(29)13-4-7-19-20(10-13)26-9-8-25-19/h1-12H,(H2,27,28,30). The third-order valence-corrected chi connectivity index (χ3v) is 4.29. The second-order valence-corrected chi connectivity index (χ2v) is 6.37. The third-order valence-electron chi connectivity index (χ3n) is 4.29. The minimum Gasteiger partial charge on any atom is -0.308 e. The van der Waals surface area contributed by atoms with Crippen molar-refractivity contribution in [3.63, 3.8) is 0 Å². The average Bonchev–Trinajstić information content (AvgIpc) is 2.73. The Morgan fingerprint density at radius 3 is 2.23 bits per heavy atom. The summed E-state index contributed by atoms with van der Waals surface area (Å²) in [6.45, 7) is 0. The molecule has 2 amide bonds. The van der Waals surface area contributed by atoms with Crippen molar-refractivity contribution in [3.05, 3.63) is 95.8 Å². The molecule has 1 heterocycles. The molecule has 4 rings (SSSR count). The van der Waals surface area contributed by atoms with Gasteiger partial charge in [0.1, 0.15) is 11.6 Å². The number of rotatable bonds is 4. The van der Waals surface area contributed by atoms with Gasteiger partial charge in [-0.2, -0.15) is 0 Å². The number of carbonyl (C=O) groups excluding carboxylic acids is 2. The number of nitrogens with zero attached hydrogens (tertiary/aromatic N) is 2. The van der Waals surface area contributed by atoms with E-state index in [1.165, 1.54) is 36.5 Å². The number of carbonyl (C=O) groups is 2. The van der Waals surface area contributed by atoms with Gasteiger partial charge in [-0.15, -0.1) is 0 Å². The van der Waals surface area contributed by atoms with Crippen LogP contribution >= 0.6 is 0 Å². The first-order chi connectivity index (χ1) is 14.5. The van der Waals surface area contributed by atoms with Crippen LogP contribution < -0.4 is 10.6 Å². The van der Waals surface area contributed by atoms with E-state index >= 15 is 0 Å². The Morgan fingerprint density at radius 2 is 1.50 bits per heavy atom. The van der Waals surface area contributed by atoms with Gasteiger partial charge in [-0.3, -0.25) is 14.8 Å². The van der Waals surface area contributed by atoms with Gasteiger partial charge in [0, 0.05) is 29.3 Å². The smallest absolute Gasteiger partial charge is 0.308 e. The summed E-state index contributed by atoms with van der Waals surface area (Å²) in [5.41, 5.74) is 1.66. The lowest BCUT2D eigenvalue weighted by Gasteiger charge is -2.09. The minimum absolute atomic E-state index is 0.141. The Hall–Kier alpha value is -4.20. The van der Waals surface area contributed by atoms with Crippen molar-refractivity contribution in [2.24, 2.45) is 0 Å². The van der Waals surface area contributed by atoms with Crippen molar-refractivity contribution < 1.29 is 18.4 Å². The number of nitrogens with one attached hydrogen (secondary N) is 2. The molecule has 0 spiro atoms. The Morgan fingerprint density at radius 1 is 0.767 bits per heavy atom. The predicted octanol–water partition coefficient (Wildman–Crippen LogP) is 4.78. The molecule has 0 saturated carbocycles. The molecule has 0 bridgehead atoms. The predicted molar refractivity (Wildman–Crippen MR) is 108 cm³/mol. The first-order valence-electron chi connectivity index (χ1n) is 8.88. The average molecular weight is 404 g/mol. The monoisotopic (exact) mass is 404 g/mol. The highest BCUT2D eigenvalue weighted by Crippen LogP contribution is 2.20. The fourth-order valence-corrected chi connectivity index (χ4v) is 2.90. The van der Waals surface area contributed by atoms with E-state index in [9.17, 15) is 18.4 Å². The van der Waals surface area contributed by atoms with Gasteiger partial charge in [-0.1, -0.05) is 6.07 Å². The lowest BCUT2D eigenvalue weighted by molar-refractivity contribution is 0.103. The fraction of sp³-hybridized carbons (Fsp3) is 0. The number of fused-ring (bicyclic) bond motifs is 1. The van der Waals surface area contributed by atoms with E-state index in [2.05, 4.69) is 20.6 Å². The lowest BCUT2D eigenvalue weighted by atomic mass is 10.0. The van der Waals surface area contributed by atoms with Crippen molar-refractivity contribution in [1.29, 1.82) is 0 Å². The van der Waals surface area contributed by atoms with Gasteiger partial charge in [0.25, 0.3) is 0 Å². The summed E-state index contributed by atoms with van der Waals surface area (Å²) in [6.07, 6.45) is 3.05. The molecule has 4 aromatic rings. The molecule has 0 atom stereocenters. The topological polar surface area (TPSA) is 84.0 Å². The summed E-state index contributed by atoms with van der Waals surface area (Å²) in [7, 11) is 0. The number of halogens is 2. The Labute approximate surface area is 169 Å². The number of ketones is 1. The Bertz CT molecular complexity index is 1280. The molecule has 0 fully saturated rings. The summed E-state index contributed by atoms with van der Waals surface area (Å²) in [4.78, 5) is 33.0. The normalized spacial score (nSPS) is 10.6. The first kappa shape index (κ1) is 19.1. The SMILES string of the molecule is O=C(Nc1cccc(F)c1)Nc1ccc(C(=O)c2ccc3nccnc3c2)c(F)c1. The van der Waals surface area contributed by atoms with Gasteiger partial charge < -0.3 is 10.6 Å². The molecule has 30 heavy (non-hydrogen) atoms. The molecular formula is C22H14F2N4O2. The zero-order valence-electron chi connectivity index (χ0n) is 15.4. The Kier molecular flexibility index (Phi) is 5.13. The summed E-state index contributed by atoms with van der Waals surface area (Å²) in [6, 6.07) is 13.2. The van der Waals surface area contributed by atoms with Crippen LogP contribution in [0.5, 0.6) is 0 Å². The van der Waals surface area contributed by atoms with Crippen molar-refractivity contribution in [3.8, 4) is 0 Å². The molecule has 2 N–H and O–H groups in total. The van der Waals surface area contributed by atoms with Gasteiger partial charge in [0.05, 0.1) is 16.6 Å². The number of aromatic nitrogens is 2. The van der Waals surface area contributed by atoms with Crippen LogP contribution in [-0.4, -0.2) is 21.8 Å². The van der Waals surface area contributed by atoms with E-state index in [1.807, 2.05) is 0 Å². The van der Waals surface area contributed by atoms with Gasteiger partial charge in [-0.05, 0) is 54.6 Å². The van der Waals surface area contributed by atoms with Crippen LogP contribution in [0.3, 0.4) is 0 Å². The molecule has 6 nitrogen and oxygen atoms in total. The second kappa shape index (κ2) is 8.04. The van der Waals surface area contributed by atoms with Crippen LogP contribution in [0, 0.1) is 11.6 Å². The quantitative estimate of drug-likeness (QED) is 0.480. The van der Waals surface area contributed by atoms with E-state index in [-0.39, 0.29) is 22.5 Å². The number of hydrogen-bond acceptors (Lipinski definition) is 4. The summed E-state index contributed by atoms with van der Waals surface area (Å²) >= 11 is 0. The number of anilines is 2. The van der Waals surface area contributed by atoms with Gasteiger partial charge >= 0.3 is 6.03 Å². The van der Waals surface area contributed by atoms with Gasteiger partial charge in [0.15, 0.2) is 5.78 Å². The van der Waals surface area contributed by atoms with E-state index < -0.39 is 23.4 Å². The molecule has 3 aromatic carbocycles. The fourth-order valence-electron chi connectivity index (χ4n) is 2.90. The highest BCUT2D eigenvalue weighted by atomic mass is 19.1. The molecule has 0 saturated heterocycles. The maximum Gasteiger partial charge on any atom is 0.323 e. The summed E-state index contributed by atoms with van der Waals surface area (Å²) in [5, 5.41) is 4.88. The van der Waals surface area contributed by atoms with Gasteiger partial charge in [0.2, 0.25) is 0 Å². The largest absolute Gasteiger partial charge is 0.323 e. The molecule has 148 valence electrons. The molecule has 8 heteroatoms. The maximum absolute atomic E-state index is 14.6. The van der Waals surface area contributed by atoms with Crippen LogP contribution in [0.4, 0.5) is 25.0 Å².